The maximum absolute atomic E-state index is 5.51. The Bertz CT molecular complexity index is 425. The lowest BCUT2D eigenvalue weighted by Crippen LogP contribution is -2.00. The molecule has 2 rings (SSSR count). The van der Waals surface area contributed by atoms with E-state index < -0.39 is 0 Å². The lowest BCUT2D eigenvalue weighted by molar-refractivity contribution is 0.453. The van der Waals surface area contributed by atoms with Gasteiger partial charge in [0.25, 0.3) is 0 Å². The summed E-state index contributed by atoms with van der Waals surface area (Å²) >= 11 is 0. The minimum Gasteiger partial charge on any atom is -0.425 e. The van der Waals surface area contributed by atoms with Gasteiger partial charge in [0.05, 0.1) is 6.42 Å². The first-order chi connectivity index (χ1) is 7.88. The van der Waals surface area contributed by atoms with E-state index >= 15 is 0 Å². The molecule has 0 atom stereocenters. The minimum absolute atomic E-state index is 0.649. The van der Waals surface area contributed by atoms with Crippen molar-refractivity contribution in [3.63, 3.8) is 0 Å². The predicted octanol–water partition coefficient (Wildman–Crippen LogP) is 1.55. The summed E-state index contributed by atoms with van der Waals surface area (Å²) in [4.78, 5) is 0. The van der Waals surface area contributed by atoms with Crippen LogP contribution >= 0.6 is 0 Å². The number of nitrogens with zero attached hydrogens (tertiary/aromatic N) is 2. The lowest BCUT2D eigenvalue weighted by atomic mass is 10.2. The lowest BCUT2D eigenvalue weighted by Gasteiger charge is -1.95. The molecule has 2 aromatic rings. The van der Waals surface area contributed by atoms with Crippen LogP contribution in [0.1, 0.15) is 23.8 Å². The largest absolute Gasteiger partial charge is 0.425 e. The van der Waals surface area contributed by atoms with Crippen LogP contribution in [0, 0.1) is 0 Å². The molecule has 0 aliphatic heterocycles. The highest BCUT2D eigenvalue weighted by atomic mass is 16.4. The molecule has 0 aliphatic carbocycles. The summed E-state index contributed by atoms with van der Waals surface area (Å²) in [6.07, 6.45) is 2.34. The molecule has 16 heavy (non-hydrogen) atoms. The van der Waals surface area contributed by atoms with Gasteiger partial charge in [-0.1, -0.05) is 30.3 Å². The van der Waals surface area contributed by atoms with Crippen LogP contribution in [-0.2, 0) is 12.8 Å². The van der Waals surface area contributed by atoms with E-state index in [0.29, 0.717) is 24.7 Å². The van der Waals surface area contributed by atoms with Crippen LogP contribution < -0.4 is 5.73 Å². The number of rotatable bonds is 5. The molecular weight excluding hydrogens is 202 g/mol. The Morgan fingerprint density at radius 3 is 2.56 bits per heavy atom. The second-order valence-corrected chi connectivity index (χ2v) is 3.64. The third-order valence-corrected chi connectivity index (χ3v) is 2.30. The van der Waals surface area contributed by atoms with E-state index in [9.17, 15) is 0 Å². The van der Waals surface area contributed by atoms with E-state index in [4.69, 9.17) is 10.2 Å². The molecule has 0 saturated carbocycles. The van der Waals surface area contributed by atoms with Gasteiger partial charge in [-0.2, -0.15) is 0 Å². The summed E-state index contributed by atoms with van der Waals surface area (Å²) in [6, 6.07) is 10.1. The zero-order valence-corrected chi connectivity index (χ0v) is 9.10. The average Bonchev–Trinajstić information content (AvgIpc) is 2.75. The monoisotopic (exact) mass is 217 g/mol. The molecule has 0 bridgehead atoms. The van der Waals surface area contributed by atoms with Gasteiger partial charge in [-0.05, 0) is 18.5 Å². The predicted molar refractivity (Wildman–Crippen MR) is 60.9 cm³/mol. The van der Waals surface area contributed by atoms with Crippen molar-refractivity contribution in [2.45, 2.75) is 19.3 Å². The van der Waals surface area contributed by atoms with Crippen LogP contribution in [0.5, 0.6) is 0 Å². The molecule has 0 saturated heterocycles. The highest BCUT2D eigenvalue weighted by Gasteiger charge is 2.05. The van der Waals surface area contributed by atoms with Gasteiger partial charge in [0.2, 0.25) is 11.8 Å². The molecule has 1 aromatic carbocycles. The van der Waals surface area contributed by atoms with Crippen molar-refractivity contribution < 1.29 is 4.42 Å². The van der Waals surface area contributed by atoms with Gasteiger partial charge in [-0.3, -0.25) is 0 Å². The van der Waals surface area contributed by atoms with Gasteiger partial charge in [0, 0.05) is 6.42 Å². The molecule has 1 aromatic heterocycles. The Labute approximate surface area is 94.5 Å². The summed E-state index contributed by atoms with van der Waals surface area (Å²) in [5.74, 6) is 1.34. The average molecular weight is 217 g/mol. The quantitative estimate of drug-likeness (QED) is 0.825. The van der Waals surface area contributed by atoms with Gasteiger partial charge >= 0.3 is 0 Å². The van der Waals surface area contributed by atoms with Crippen molar-refractivity contribution in [3.8, 4) is 0 Å². The maximum Gasteiger partial charge on any atom is 0.220 e. The highest BCUT2D eigenvalue weighted by molar-refractivity contribution is 5.17. The Hall–Kier alpha value is -1.68. The van der Waals surface area contributed by atoms with Gasteiger partial charge in [0.15, 0.2) is 0 Å². The number of hydrogen-bond donors (Lipinski definition) is 1. The van der Waals surface area contributed by atoms with Crippen LogP contribution in [0.2, 0.25) is 0 Å². The molecule has 0 aliphatic rings. The van der Waals surface area contributed by atoms with Crippen molar-refractivity contribution in [1.82, 2.24) is 10.2 Å². The van der Waals surface area contributed by atoms with E-state index in [0.717, 1.165) is 12.8 Å². The number of aryl methyl sites for hydroxylation is 1. The van der Waals surface area contributed by atoms with E-state index in [1.54, 1.807) is 0 Å². The van der Waals surface area contributed by atoms with Gasteiger partial charge in [0.1, 0.15) is 0 Å². The molecule has 0 fully saturated rings. The normalized spacial score (nSPS) is 10.6. The standard InChI is InChI=1S/C12H15N3O/c13-8-4-7-11-14-15-12(16-11)9-10-5-2-1-3-6-10/h1-3,5-6H,4,7-9,13H2. The molecule has 0 radical (unpaired) electrons. The van der Waals surface area contributed by atoms with Crippen molar-refractivity contribution in [2.24, 2.45) is 5.73 Å². The molecule has 2 N–H and O–H groups in total. The molecule has 0 amide bonds. The zero-order chi connectivity index (χ0) is 11.2. The zero-order valence-electron chi connectivity index (χ0n) is 9.10. The first-order valence-electron chi connectivity index (χ1n) is 5.44. The highest BCUT2D eigenvalue weighted by Crippen LogP contribution is 2.08. The Kier molecular flexibility index (Phi) is 3.66. The summed E-state index contributed by atoms with van der Waals surface area (Å²) in [5.41, 5.74) is 6.59. The van der Waals surface area contributed by atoms with Gasteiger partial charge in [-0.25, -0.2) is 0 Å². The SMILES string of the molecule is NCCCc1nnc(Cc2ccccc2)o1. The van der Waals surface area contributed by atoms with E-state index in [1.165, 1.54) is 5.56 Å². The number of benzene rings is 1. The number of hydrogen-bond acceptors (Lipinski definition) is 4. The topological polar surface area (TPSA) is 64.9 Å². The Morgan fingerprint density at radius 2 is 1.81 bits per heavy atom. The van der Waals surface area contributed by atoms with Crippen LogP contribution in [0.25, 0.3) is 0 Å². The molecule has 1 heterocycles. The van der Waals surface area contributed by atoms with Crippen LogP contribution in [0.4, 0.5) is 0 Å². The van der Waals surface area contributed by atoms with E-state index in [1.807, 2.05) is 30.3 Å². The second kappa shape index (κ2) is 5.42. The summed E-state index contributed by atoms with van der Waals surface area (Å²) in [5, 5.41) is 7.98. The van der Waals surface area contributed by atoms with E-state index in [-0.39, 0.29) is 0 Å². The minimum atomic E-state index is 0.649. The summed E-state index contributed by atoms with van der Waals surface area (Å²) < 4.78 is 5.51. The van der Waals surface area contributed by atoms with Gasteiger partial charge < -0.3 is 10.2 Å². The fourth-order valence-corrected chi connectivity index (χ4v) is 1.48. The summed E-state index contributed by atoms with van der Waals surface area (Å²) in [6.45, 7) is 0.649. The van der Waals surface area contributed by atoms with Crippen molar-refractivity contribution in [1.29, 1.82) is 0 Å². The van der Waals surface area contributed by atoms with Crippen molar-refractivity contribution >= 4 is 0 Å². The van der Waals surface area contributed by atoms with Crippen LogP contribution in [0.15, 0.2) is 34.7 Å². The number of aromatic nitrogens is 2. The molecule has 0 spiro atoms. The van der Waals surface area contributed by atoms with Gasteiger partial charge in [-0.15, -0.1) is 10.2 Å². The van der Waals surface area contributed by atoms with E-state index in [2.05, 4.69) is 10.2 Å². The third kappa shape index (κ3) is 2.90. The fraction of sp³-hybridized carbons (Fsp3) is 0.333. The molecular formula is C12H15N3O. The smallest absolute Gasteiger partial charge is 0.220 e. The van der Waals surface area contributed by atoms with Crippen molar-refractivity contribution in [2.75, 3.05) is 6.54 Å². The summed E-state index contributed by atoms with van der Waals surface area (Å²) in [7, 11) is 0. The van der Waals surface area contributed by atoms with Crippen LogP contribution in [-0.4, -0.2) is 16.7 Å². The molecule has 0 unspecified atom stereocenters. The fourth-order valence-electron chi connectivity index (χ4n) is 1.48. The first-order valence-corrected chi connectivity index (χ1v) is 5.44. The first kappa shape index (κ1) is 10.8. The maximum atomic E-state index is 5.51. The third-order valence-electron chi connectivity index (χ3n) is 2.30. The van der Waals surface area contributed by atoms with Crippen LogP contribution in [0.3, 0.4) is 0 Å². The molecule has 84 valence electrons. The Balaban J connectivity index is 1.97. The number of nitrogens with two attached hydrogens (primary N) is 1. The molecule has 4 heteroatoms. The molecule has 4 nitrogen and oxygen atoms in total. The Morgan fingerprint density at radius 1 is 1.06 bits per heavy atom. The second-order valence-electron chi connectivity index (χ2n) is 3.64. The van der Waals surface area contributed by atoms with Crippen molar-refractivity contribution in [3.05, 3.63) is 47.7 Å².